The third-order valence-corrected chi connectivity index (χ3v) is 3.28. The third-order valence-electron chi connectivity index (χ3n) is 3.28. The lowest BCUT2D eigenvalue weighted by molar-refractivity contribution is -0.0380. The van der Waals surface area contributed by atoms with Crippen LogP contribution in [0.15, 0.2) is 24.3 Å². The van der Waals surface area contributed by atoms with E-state index in [1.165, 1.54) is 5.56 Å². The minimum Gasteiger partial charge on any atom is -0.497 e. The quantitative estimate of drug-likeness (QED) is 0.760. The van der Waals surface area contributed by atoms with E-state index < -0.39 is 0 Å². The highest BCUT2D eigenvalue weighted by Gasteiger charge is 2.25. The topological polar surface area (TPSA) is 18.5 Å². The largest absolute Gasteiger partial charge is 0.497 e. The number of ether oxygens (including phenoxy) is 2. The van der Waals surface area contributed by atoms with Crippen LogP contribution < -0.4 is 4.74 Å². The Morgan fingerprint density at radius 2 is 1.62 bits per heavy atom. The second kappa shape index (κ2) is 4.88. The Morgan fingerprint density at radius 3 is 2.12 bits per heavy atom. The summed E-state index contributed by atoms with van der Waals surface area (Å²) in [4.78, 5) is 0. The predicted octanol–water partition coefficient (Wildman–Crippen LogP) is 3.37. The van der Waals surface area contributed by atoms with E-state index in [2.05, 4.69) is 26.0 Å². The zero-order valence-electron chi connectivity index (χ0n) is 10.3. The summed E-state index contributed by atoms with van der Waals surface area (Å²) in [6.07, 6.45) is 2.99. The lowest BCUT2D eigenvalue weighted by atomic mass is 9.86. The maximum absolute atomic E-state index is 5.76. The molecule has 2 rings (SSSR count). The Labute approximate surface area is 97.6 Å². The van der Waals surface area contributed by atoms with Gasteiger partial charge in [-0.3, -0.25) is 0 Å². The van der Waals surface area contributed by atoms with Gasteiger partial charge in [-0.05, 0) is 50.3 Å². The summed E-state index contributed by atoms with van der Waals surface area (Å²) in [5, 5.41) is 0. The van der Waals surface area contributed by atoms with Gasteiger partial charge in [0.1, 0.15) is 5.75 Å². The molecule has 0 aliphatic carbocycles. The maximum atomic E-state index is 5.76. The highest BCUT2D eigenvalue weighted by Crippen LogP contribution is 2.33. The molecule has 1 aliphatic rings. The normalized spacial score (nSPS) is 30.1. The van der Waals surface area contributed by atoms with Gasteiger partial charge in [0.15, 0.2) is 0 Å². The van der Waals surface area contributed by atoms with E-state index >= 15 is 0 Å². The predicted molar refractivity (Wildman–Crippen MR) is 65.0 cm³/mol. The summed E-state index contributed by atoms with van der Waals surface area (Å²) in [6, 6.07) is 8.43. The van der Waals surface area contributed by atoms with Crippen molar-refractivity contribution >= 4 is 0 Å². The zero-order chi connectivity index (χ0) is 11.5. The molecule has 16 heavy (non-hydrogen) atoms. The summed E-state index contributed by atoms with van der Waals surface area (Å²) in [5.41, 5.74) is 1.41. The molecule has 0 saturated carbocycles. The van der Waals surface area contributed by atoms with E-state index in [1.807, 2.05) is 12.1 Å². The van der Waals surface area contributed by atoms with Gasteiger partial charge in [0.25, 0.3) is 0 Å². The minimum absolute atomic E-state index is 0.371. The summed E-state index contributed by atoms with van der Waals surface area (Å²) in [7, 11) is 1.70. The molecule has 1 heterocycles. The van der Waals surface area contributed by atoms with Crippen molar-refractivity contribution in [1.82, 2.24) is 0 Å². The van der Waals surface area contributed by atoms with Gasteiger partial charge in [0.2, 0.25) is 0 Å². The van der Waals surface area contributed by atoms with E-state index in [0.29, 0.717) is 18.1 Å². The van der Waals surface area contributed by atoms with Crippen LogP contribution in [-0.2, 0) is 4.74 Å². The van der Waals surface area contributed by atoms with Crippen molar-refractivity contribution < 1.29 is 9.47 Å². The van der Waals surface area contributed by atoms with Crippen molar-refractivity contribution in [2.75, 3.05) is 7.11 Å². The van der Waals surface area contributed by atoms with Crippen LogP contribution in [0.1, 0.15) is 38.2 Å². The molecule has 1 aromatic carbocycles. The number of methoxy groups -OCH3 is 1. The fourth-order valence-corrected chi connectivity index (χ4v) is 2.55. The van der Waals surface area contributed by atoms with E-state index in [-0.39, 0.29) is 0 Å². The molecule has 1 unspecified atom stereocenters. The second-order valence-electron chi connectivity index (χ2n) is 4.70. The van der Waals surface area contributed by atoms with Crippen molar-refractivity contribution in [3.05, 3.63) is 29.8 Å². The first-order valence-electron chi connectivity index (χ1n) is 5.98. The molecule has 0 aromatic heterocycles. The first-order valence-corrected chi connectivity index (χ1v) is 5.98. The Morgan fingerprint density at radius 1 is 1.06 bits per heavy atom. The van der Waals surface area contributed by atoms with Gasteiger partial charge in [-0.15, -0.1) is 0 Å². The molecule has 1 aromatic rings. The summed E-state index contributed by atoms with van der Waals surface area (Å²) >= 11 is 0. The SMILES string of the molecule is COc1ccc(C2C[C@@H](C)O[C@@H](C)C2)cc1. The number of rotatable bonds is 2. The monoisotopic (exact) mass is 220 g/mol. The van der Waals surface area contributed by atoms with Crippen LogP contribution in [0, 0.1) is 0 Å². The molecule has 2 heteroatoms. The summed E-state index contributed by atoms with van der Waals surface area (Å²) in [6.45, 7) is 4.32. The van der Waals surface area contributed by atoms with Crippen molar-refractivity contribution in [2.24, 2.45) is 0 Å². The molecular formula is C14H20O2. The Balaban J connectivity index is 2.10. The van der Waals surface area contributed by atoms with Crippen molar-refractivity contribution in [3.8, 4) is 5.75 Å². The van der Waals surface area contributed by atoms with E-state index in [0.717, 1.165) is 18.6 Å². The van der Waals surface area contributed by atoms with Crippen LogP contribution in [0.4, 0.5) is 0 Å². The van der Waals surface area contributed by atoms with Crippen LogP contribution in [-0.4, -0.2) is 19.3 Å². The van der Waals surface area contributed by atoms with Gasteiger partial charge in [-0.2, -0.15) is 0 Å². The highest BCUT2D eigenvalue weighted by molar-refractivity contribution is 5.29. The van der Waals surface area contributed by atoms with Crippen molar-refractivity contribution in [3.63, 3.8) is 0 Å². The standard InChI is InChI=1S/C14H20O2/c1-10-8-13(9-11(2)16-10)12-4-6-14(15-3)7-5-12/h4-7,10-11,13H,8-9H2,1-3H3/t10-,11+,13?. The van der Waals surface area contributed by atoms with Gasteiger partial charge in [-0.25, -0.2) is 0 Å². The number of hydrogen-bond acceptors (Lipinski definition) is 2. The second-order valence-corrected chi connectivity index (χ2v) is 4.70. The molecule has 0 bridgehead atoms. The molecule has 1 aliphatic heterocycles. The molecule has 88 valence electrons. The molecule has 3 atom stereocenters. The van der Waals surface area contributed by atoms with Crippen LogP contribution in [0.3, 0.4) is 0 Å². The van der Waals surface area contributed by atoms with Gasteiger partial charge < -0.3 is 9.47 Å². The maximum Gasteiger partial charge on any atom is 0.118 e. The van der Waals surface area contributed by atoms with Gasteiger partial charge >= 0.3 is 0 Å². The molecule has 0 radical (unpaired) electrons. The average Bonchev–Trinajstić information content (AvgIpc) is 2.28. The molecule has 1 fully saturated rings. The average molecular weight is 220 g/mol. The Kier molecular flexibility index (Phi) is 3.49. The van der Waals surface area contributed by atoms with E-state index in [1.54, 1.807) is 7.11 Å². The van der Waals surface area contributed by atoms with Crippen LogP contribution in [0.2, 0.25) is 0 Å². The summed E-state index contributed by atoms with van der Waals surface area (Å²) in [5.74, 6) is 1.56. The zero-order valence-corrected chi connectivity index (χ0v) is 10.3. The van der Waals surface area contributed by atoms with Crippen LogP contribution in [0.5, 0.6) is 5.75 Å². The summed E-state index contributed by atoms with van der Waals surface area (Å²) < 4.78 is 10.9. The Bertz CT molecular complexity index is 321. The van der Waals surface area contributed by atoms with Gasteiger partial charge in [0.05, 0.1) is 19.3 Å². The molecule has 1 saturated heterocycles. The minimum atomic E-state index is 0.371. The van der Waals surface area contributed by atoms with Gasteiger partial charge in [0, 0.05) is 0 Å². The van der Waals surface area contributed by atoms with Crippen molar-refractivity contribution in [1.29, 1.82) is 0 Å². The van der Waals surface area contributed by atoms with Gasteiger partial charge in [-0.1, -0.05) is 12.1 Å². The number of benzene rings is 1. The van der Waals surface area contributed by atoms with Crippen LogP contribution in [0.25, 0.3) is 0 Å². The smallest absolute Gasteiger partial charge is 0.118 e. The number of hydrogen-bond donors (Lipinski definition) is 0. The Hall–Kier alpha value is -1.02. The van der Waals surface area contributed by atoms with E-state index in [4.69, 9.17) is 9.47 Å². The molecular weight excluding hydrogens is 200 g/mol. The fourth-order valence-electron chi connectivity index (χ4n) is 2.55. The van der Waals surface area contributed by atoms with Crippen LogP contribution >= 0.6 is 0 Å². The third kappa shape index (κ3) is 2.56. The van der Waals surface area contributed by atoms with E-state index in [9.17, 15) is 0 Å². The molecule has 2 nitrogen and oxygen atoms in total. The molecule has 0 spiro atoms. The molecule has 0 amide bonds. The molecule has 0 N–H and O–H groups in total. The van der Waals surface area contributed by atoms with Crippen molar-refractivity contribution in [2.45, 2.75) is 44.8 Å². The lowest BCUT2D eigenvalue weighted by Crippen LogP contribution is -2.28. The fraction of sp³-hybridized carbons (Fsp3) is 0.571. The first kappa shape index (κ1) is 11.5. The first-order chi connectivity index (χ1) is 7.69. The lowest BCUT2D eigenvalue weighted by Gasteiger charge is -2.32. The highest BCUT2D eigenvalue weighted by atomic mass is 16.5.